The van der Waals surface area contributed by atoms with Crippen molar-refractivity contribution < 1.29 is 19.4 Å². The molecule has 0 saturated carbocycles. The summed E-state index contributed by atoms with van der Waals surface area (Å²) in [6.45, 7) is 3.50. The third-order valence-electron chi connectivity index (χ3n) is 3.28. The van der Waals surface area contributed by atoms with Crippen LogP contribution in [-0.2, 0) is 9.59 Å². The molecule has 2 rings (SSSR count). The molecule has 0 aromatic heterocycles. The average molecular weight is 307 g/mol. The first-order valence-electron chi connectivity index (χ1n) is 6.45. The maximum absolute atomic E-state index is 12.0. The van der Waals surface area contributed by atoms with E-state index in [1.54, 1.807) is 7.11 Å². The van der Waals surface area contributed by atoms with Gasteiger partial charge in [0.05, 0.1) is 18.6 Å². The highest BCUT2D eigenvalue weighted by Gasteiger charge is 2.28. The SMILES string of the molecule is COc1ccc(C2=C(C)SCC(=O)N2CC(=O)O)cc1C. The van der Waals surface area contributed by atoms with Crippen molar-refractivity contribution in [3.63, 3.8) is 0 Å². The fourth-order valence-electron chi connectivity index (χ4n) is 2.32. The molecule has 0 fully saturated rings. The zero-order chi connectivity index (χ0) is 15.6. The van der Waals surface area contributed by atoms with Crippen LogP contribution in [0.5, 0.6) is 5.75 Å². The molecule has 0 unspecified atom stereocenters. The third-order valence-corrected chi connectivity index (χ3v) is 4.30. The lowest BCUT2D eigenvalue weighted by Gasteiger charge is -2.30. The number of aryl methyl sites for hydroxylation is 1. The van der Waals surface area contributed by atoms with Gasteiger partial charge >= 0.3 is 5.97 Å². The number of methoxy groups -OCH3 is 1. The normalized spacial score (nSPS) is 15.4. The fraction of sp³-hybridized carbons (Fsp3) is 0.333. The number of carbonyl (C=O) groups is 2. The summed E-state index contributed by atoms with van der Waals surface area (Å²) in [6.07, 6.45) is 0. The van der Waals surface area contributed by atoms with E-state index in [0.717, 1.165) is 21.8 Å². The standard InChI is InChI=1S/C15H17NO4S/c1-9-6-11(4-5-12(9)20-3)15-10(2)21-8-13(17)16(15)7-14(18)19/h4-6H,7-8H2,1-3H3,(H,18,19). The summed E-state index contributed by atoms with van der Waals surface area (Å²) in [6, 6.07) is 5.58. The number of benzene rings is 1. The molecule has 5 nitrogen and oxygen atoms in total. The van der Waals surface area contributed by atoms with E-state index in [1.165, 1.54) is 16.7 Å². The highest BCUT2D eigenvalue weighted by molar-refractivity contribution is 8.03. The molecule has 1 aliphatic heterocycles. The van der Waals surface area contributed by atoms with Crippen LogP contribution in [0.3, 0.4) is 0 Å². The summed E-state index contributed by atoms with van der Waals surface area (Å²) in [5.74, 6) is -0.170. The number of hydrogen-bond donors (Lipinski definition) is 1. The Labute approximate surface area is 127 Å². The first-order valence-corrected chi connectivity index (χ1v) is 7.43. The van der Waals surface area contributed by atoms with Crippen LogP contribution in [0.1, 0.15) is 18.1 Å². The van der Waals surface area contributed by atoms with Crippen LogP contribution < -0.4 is 4.74 Å². The fourth-order valence-corrected chi connectivity index (χ4v) is 3.18. The molecule has 1 aromatic carbocycles. The van der Waals surface area contributed by atoms with E-state index >= 15 is 0 Å². The molecule has 1 amide bonds. The second kappa shape index (κ2) is 6.22. The minimum Gasteiger partial charge on any atom is -0.496 e. The Morgan fingerprint density at radius 1 is 1.43 bits per heavy atom. The second-order valence-corrected chi connectivity index (χ2v) is 5.94. The van der Waals surface area contributed by atoms with Crippen molar-refractivity contribution in [2.75, 3.05) is 19.4 Å². The van der Waals surface area contributed by atoms with Crippen LogP contribution in [0.4, 0.5) is 0 Å². The van der Waals surface area contributed by atoms with Gasteiger partial charge in [-0.15, -0.1) is 11.8 Å². The van der Waals surface area contributed by atoms with E-state index in [1.807, 2.05) is 32.0 Å². The number of ether oxygens (including phenoxy) is 1. The van der Waals surface area contributed by atoms with E-state index in [9.17, 15) is 9.59 Å². The minimum absolute atomic E-state index is 0.184. The Hall–Kier alpha value is -1.95. The molecule has 1 N–H and O–H groups in total. The van der Waals surface area contributed by atoms with Gasteiger partial charge in [-0.2, -0.15) is 0 Å². The van der Waals surface area contributed by atoms with Crippen molar-refractivity contribution in [2.24, 2.45) is 0 Å². The van der Waals surface area contributed by atoms with Crippen LogP contribution in [0.2, 0.25) is 0 Å². The quantitative estimate of drug-likeness (QED) is 0.925. The molecular formula is C15H17NO4S. The molecule has 0 spiro atoms. The van der Waals surface area contributed by atoms with Crippen LogP contribution in [0.25, 0.3) is 5.70 Å². The van der Waals surface area contributed by atoms with Crippen LogP contribution in [0.15, 0.2) is 23.1 Å². The molecule has 0 saturated heterocycles. The Kier molecular flexibility index (Phi) is 4.57. The van der Waals surface area contributed by atoms with E-state index in [0.29, 0.717) is 5.70 Å². The summed E-state index contributed by atoms with van der Waals surface area (Å²) in [4.78, 5) is 25.4. The minimum atomic E-state index is -1.02. The summed E-state index contributed by atoms with van der Waals surface area (Å²) >= 11 is 1.44. The number of rotatable bonds is 4. The van der Waals surface area contributed by atoms with Crippen molar-refractivity contribution in [2.45, 2.75) is 13.8 Å². The van der Waals surface area contributed by atoms with Crippen molar-refractivity contribution in [1.82, 2.24) is 4.90 Å². The molecule has 0 bridgehead atoms. The number of hydrogen-bond acceptors (Lipinski definition) is 4. The number of amides is 1. The molecule has 0 aliphatic carbocycles. The van der Waals surface area contributed by atoms with Gasteiger partial charge in [0.2, 0.25) is 5.91 Å². The molecule has 1 aliphatic rings. The zero-order valence-electron chi connectivity index (χ0n) is 12.2. The number of allylic oxidation sites excluding steroid dienone is 1. The van der Waals surface area contributed by atoms with E-state index in [-0.39, 0.29) is 18.2 Å². The van der Waals surface area contributed by atoms with Gasteiger partial charge < -0.3 is 9.84 Å². The van der Waals surface area contributed by atoms with Gasteiger partial charge in [0.1, 0.15) is 12.3 Å². The number of carbonyl (C=O) groups excluding carboxylic acids is 1. The van der Waals surface area contributed by atoms with E-state index < -0.39 is 5.97 Å². The summed E-state index contributed by atoms with van der Waals surface area (Å²) < 4.78 is 5.23. The molecule has 112 valence electrons. The number of carboxylic acids is 1. The van der Waals surface area contributed by atoms with Crippen molar-refractivity contribution in [1.29, 1.82) is 0 Å². The largest absolute Gasteiger partial charge is 0.496 e. The lowest BCUT2D eigenvalue weighted by atomic mass is 10.1. The van der Waals surface area contributed by atoms with Crippen molar-refractivity contribution in [3.05, 3.63) is 34.2 Å². The molecule has 0 radical (unpaired) electrons. The molecular weight excluding hydrogens is 290 g/mol. The lowest BCUT2D eigenvalue weighted by Crippen LogP contribution is -2.38. The molecule has 1 heterocycles. The maximum Gasteiger partial charge on any atom is 0.323 e. The number of aliphatic carboxylic acids is 1. The number of thioether (sulfide) groups is 1. The smallest absolute Gasteiger partial charge is 0.323 e. The predicted octanol–water partition coefficient (Wildman–Crippen LogP) is 2.35. The Morgan fingerprint density at radius 3 is 2.71 bits per heavy atom. The first kappa shape index (κ1) is 15.4. The Balaban J connectivity index is 2.48. The third kappa shape index (κ3) is 3.21. The maximum atomic E-state index is 12.0. The highest BCUT2D eigenvalue weighted by atomic mass is 32.2. The van der Waals surface area contributed by atoms with Crippen molar-refractivity contribution in [3.8, 4) is 5.75 Å². The molecule has 0 atom stereocenters. The Morgan fingerprint density at radius 2 is 2.14 bits per heavy atom. The van der Waals surface area contributed by atoms with Crippen LogP contribution in [-0.4, -0.2) is 41.3 Å². The van der Waals surface area contributed by atoms with Gasteiger partial charge in [0.15, 0.2) is 0 Å². The predicted molar refractivity (Wildman–Crippen MR) is 82.1 cm³/mol. The van der Waals surface area contributed by atoms with Crippen LogP contribution in [0, 0.1) is 6.92 Å². The van der Waals surface area contributed by atoms with Gasteiger partial charge in [-0.3, -0.25) is 14.5 Å². The summed E-state index contributed by atoms with van der Waals surface area (Å²) in [5.41, 5.74) is 2.44. The summed E-state index contributed by atoms with van der Waals surface area (Å²) in [7, 11) is 1.60. The van der Waals surface area contributed by atoms with Gasteiger partial charge in [0, 0.05) is 4.91 Å². The first-order chi connectivity index (χ1) is 9.93. The second-order valence-electron chi connectivity index (χ2n) is 4.75. The van der Waals surface area contributed by atoms with Gasteiger partial charge in [-0.1, -0.05) is 0 Å². The van der Waals surface area contributed by atoms with Gasteiger partial charge in [0.25, 0.3) is 0 Å². The monoisotopic (exact) mass is 307 g/mol. The highest BCUT2D eigenvalue weighted by Crippen LogP contribution is 2.35. The van der Waals surface area contributed by atoms with E-state index in [4.69, 9.17) is 9.84 Å². The van der Waals surface area contributed by atoms with E-state index in [2.05, 4.69) is 0 Å². The summed E-state index contributed by atoms with van der Waals surface area (Å²) in [5, 5.41) is 9.03. The Bertz CT molecular complexity index is 624. The molecule has 21 heavy (non-hydrogen) atoms. The number of nitrogens with zero attached hydrogens (tertiary/aromatic N) is 1. The van der Waals surface area contributed by atoms with Crippen LogP contribution >= 0.6 is 11.8 Å². The van der Waals surface area contributed by atoms with Gasteiger partial charge in [-0.05, 0) is 43.2 Å². The van der Waals surface area contributed by atoms with Gasteiger partial charge in [-0.25, -0.2) is 0 Å². The zero-order valence-corrected chi connectivity index (χ0v) is 13.0. The average Bonchev–Trinajstić information content (AvgIpc) is 2.42. The molecule has 1 aromatic rings. The topological polar surface area (TPSA) is 66.8 Å². The lowest BCUT2D eigenvalue weighted by molar-refractivity contribution is -0.141. The molecule has 6 heteroatoms. The van der Waals surface area contributed by atoms with Crippen molar-refractivity contribution >= 4 is 29.3 Å². The number of carboxylic acid groups (broad SMARTS) is 1.